The number of amides is 1. The SMILES string of the molecule is CCCc1sc(C(=O)OCc2csc(NC(C)=O)n2)cc1CC. The molecule has 0 fully saturated rings. The molecule has 2 aromatic heterocycles. The lowest BCUT2D eigenvalue weighted by molar-refractivity contribution is -0.114. The van der Waals surface area contributed by atoms with E-state index in [0.29, 0.717) is 15.7 Å². The molecule has 5 nitrogen and oxygen atoms in total. The van der Waals surface area contributed by atoms with E-state index in [0.717, 1.165) is 19.3 Å². The molecular formula is C16H20N2O3S2. The average Bonchev–Trinajstić information content (AvgIpc) is 3.11. The number of thiazole rings is 1. The molecule has 0 saturated heterocycles. The fourth-order valence-electron chi connectivity index (χ4n) is 2.10. The van der Waals surface area contributed by atoms with Gasteiger partial charge < -0.3 is 10.1 Å². The topological polar surface area (TPSA) is 68.3 Å². The minimum absolute atomic E-state index is 0.109. The van der Waals surface area contributed by atoms with E-state index in [1.807, 2.05) is 6.07 Å². The van der Waals surface area contributed by atoms with Gasteiger partial charge >= 0.3 is 5.97 Å². The van der Waals surface area contributed by atoms with Gasteiger partial charge in [-0.05, 0) is 24.5 Å². The molecule has 2 aromatic rings. The van der Waals surface area contributed by atoms with Crippen LogP contribution in [0.5, 0.6) is 0 Å². The molecule has 2 heterocycles. The number of aryl methyl sites for hydroxylation is 2. The molecule has 0 aromatic carbocycles. The Hall–Kier alpha value is -1.73. The zero-order valence-electron chi connectivity index (χ0n) is 13.5. The van der Waals surface area contributed by atoms with Gasteiger partial charge in [0, 0.05) is 17.2 Å². The third-order valence-electron chi connectivity index (χ3n) is 3.14. The maximum Gasteiger partial charge on any atom is 0.348 e. The summed E-state index contributed by atoms with van der Waals surface area (Å²) in [7, 11) is 0. The molecule has 1 N–H and O–H groups in total. The highest BCUT2D eigenvalue weighted by atomic mass is 32.1. The van der Waals surface area contributed by atoms with Crippen molar-refractivity contribution in [3.05, 3.63) is 32.5 Å². The molecule has 7 heteroatoms. The summed E-state index contributed by atoms with van der Waals surface area (Å²) >= 11 is 2.83. The zero-order chi connectivity index (χ0) is 16.8. The summed E-state index contributed by atoms with van der Waals surface area (Å²) in [6.45, 7) is 5.76. The number of ether oxygens (including phenoxy) is 1. The highest BCUT2D eigenvalue weighted by molar-refractivity contribution is 7.14. The predicted octanol–water partition coefficient (Wildman–Crippen LogP) is 4.03. The van der Waals surface area contributed by atoms with Gasteiger partial charge in [0.05, 0.1) is 5.69 Å². The third kappa shape index (κ3) is 4.87. The smallest absolute Gasteiger partial charge is 0.348 e. The average molecular weight is 352 g/mol. The van der Waals surface area contributed by atoms with Crippen molar-refractivity contribution < 1.29 is 14.3 Å². The number of esters is 1. The Balaban J connectivity index is 1.96. The lowest BCUT2D eigenvalue weighted by Gasteiger charge is -2.00. The maximum atomic E-state index is 12.2. The van der Waals surface area contributed by atoms with Crippen LogP contribution in [-0.2, 0) is 29.0 Å². The monoisotopic (exact) mass is 352 g/mol. The molecule has 0 aliphatic carbocycles. The Morgan fingerprint density at radius 3 is 2.78 bits per heavy atom. The first-order valence-electron chi connectivity index (χ1n) is 7.54. The van der Waals surface area contributed by atoms with Gasteiger partial charge in [-0.3, -0.25) is 4.79 Å². The molecule has 1 amide bonds. The van der Waals surface area contributed by atoms with E-state index in [1.54, 1.807) is 5.38 Å². The second kappa shape index (κ2) is 8.21. The number of thiophene rings is 1. The van der Waals surface area contributed by atoms with Crippen LogP contribution in [0.4, 0.5) is 5.13 Å². The first kappa shape index (κ1) is 17.6. The predicted molar refractivity (Wildman–Crippen MR) is 93.2 cm³/mol. The molecule has 2 rings (SSSR count). The van der Waals surface area contributed by atoms with Crippen molar-refractivity contribution >= 4 is 39.7 Å². The van der Waals surface area contributed by atoms with Crippen LogP contribution in [0.2, 0.25) is 0 Å². The zero-order valence-corrected chi connectivity index (χ0v) is 15.1. The van der Waals surface area contributed by atoms with E-state index >= 15 is 0 Å². The summed E-state index contributed by atoms with van der Waals surface area (Å²) in [6, 6.07) is 1.93. The van der Waals surface area contributed by atoms with Crippen LogP contribution in [0.25, 0.3) is 0 Å². The molecule has 0 radical (unpaired) electrons. The lowest BCUT2D eigenvalue weighted by Crippen LogP contribution is -2.06. The molecule has 0 spiro atoms. The van der Waals surface area contributed by atoms with Crippen molar-refractivity contribution in [2.75, 3.05) is 5.32 Å². The largest absolute Gasteiger partial charge is 0.455 e. The highest BCUT2D eigenvalue weighted by Crippen LogP contribution is 2.25. The van der Waals surface area contributed by atoms with Crippen molar-refractivity contribution in [2.24, 2.45) is 0 Å². The van der Waals surface area contributed by atoms with Gasteiger partial charge in [0.2, 0.25) is 5.91 Å². The van der Waals surface area contributed by atoms with Crippen molar-refractivity contribution in [3.63, 3.8) is 0 Å². The van der Waals surface area contributed by atoms with Crippen molar-refractivity contribution in [2.45, 2.75) is 46.6 Å². The van der Waals surface area contributed by atoms with Crippen LogP contribution >= 0.6 is 22.7 Å². The standard InChI is InChI=1S/C16H20N2O3S2/c1-4-6-13-11(5-2)7-14(23-13)15(20)21-8-12-9-22-16(18-12)17-10(3)19/h7,9H,4-6,8H2,1-3H3,(H,17,18,19). The molecule has 0 bridgehead atoms. The number of aromatic nitrogens is 1. The number of hydrogen-bond donors (Lipinski definition) is 1. The van der Waals surface area contributed by atoms with Crippen molar-refractivity contribution in [1.29, 1.82) is 0 Å². The first-order valence-corrected chi connectivity index (χ1v) is 9.23. The van der Waals surface area contributed by atoms with Crippen LogP contribution in [0.3, 0.4) is 0 Å². The van der Waals surface area contributed by atoms with Gasteiger partial charge in [0.1, 0.15) is 11.5 Å². The van der Waals surface area contributed by atoms with Crippen molar-refractivity contribution in [3.8, 4) is 0 Å². The number of nitrogens with one attached hydrogen (secondary N) is 1. The number of rotatable bonds is 7. The second-order valence-corrected chi connectivity index (χ2v) is 7.06. The lowest BCUT2D eigenvalue weighted by atomic mass is 10.1. The van der Waals surface area contributed by atoms with Gasteiger partial charge in [-0.15, -0.1) is 22.7 Å². The number of carbonyl (C=O) groups is 2. The summed E-state index contributed by atoms with van der Waals surface area (Å²) in [5.41, 5.74) is 1.86. The maximum absolute atomic E-state index is 12.2. The third-order valence-corrected chi connectivity index (χ3v) is 5.17. The van der Waals surface area contributed by atoms with E-state index in [1.165, 1.54) is 40.0 Å². The summed E-state index contributed by atoms with van der Waals surface area (Å²) in [4.78, 5) is 29.2. The molecule has 0 atom stereocenters. The van der Waals surface area contributed by atoms with Gasteiger partial charge in [0.25, 0.3) is 0 Å². The fourth-order valence-corrected chi connectivity index (χ4v) is 4.09. The first-order chi connectivity index (χ1) is 11.0. The van der Waals surface area contributed by atoms with E-state index in [9.17, 15) is 9.59 Å². The van der Waals surface area contributed by atoms with Gasteiger partial charge in [-0.1, -0.05) is 20.3 Å². The number of nitrogens with zero attached hydrogens (tertiary/aromatic N) is 1. The van der Waals surface area contributed by atoms with Crippen LogP contribution < -0.4 is 5.32 Å². The van der Waals surface area contributed by atoms with Crippen LogP contribution in [0, 0.1) is 0 Å². The Morgan fingerprint density at radius 2 is 2.13 bits per heavy atom. The van der Waals surface area contributed by atoms with Crippen LogP contribution in [-0.4, -0.2) is 16.9 Å². The summed E-state index contributed by atoms with van der Waals surface area (Å²) in [5.74, 6) is -0.488. The second-order valence-electron chi connectivity index (χ2n) is 5.06. The molecular weight excluding hydrogens is 332 g/mol. The summed E-state index contributed by atoms with van der Waals surface area (Å²) < 4.78 is 5.33. The number of hydrogen-bond acceptors (Lipinski definition) is 6. The fraction of sp³-hybridized carbons (Fsp3) is 0.438. The molecule has 0 unspecified atom stereocenters. The normalized spacial score (nSPS) is 10.6. The van der Waals surface area contributed by atoms with Gasteiger partial charge in [0.15, 0.2) is 5.13 Å². The Kier molecular flexibility index (Phi) is 6.29. The van der Waals surface area contributed by atoms with Crippen molar-refractivity contribution in [1.82, 2.24) is 4.98 Å². The highest BCUT2D eigenvalue weighted by Gasteiger charge is 2.15. The van der Waals surface area contributed by atoms with E-state index < -0.39 is 0 Å². The minimum Gasteiger partial charge on any atom is -0.455 e. The Labute approximate surface area is 143 Å². The van der Waals surface area contributed by atoms with Gasteiger partial charge in [-0.2, -0.15) is 0 Å². The summed E-state index contributed by atoms with van der Waals surface area (Å²) in [6.07, 6.45) is 2.98. The molecule has 124 valence electrons. The molecule has 23 heavy (non-hydrogen) atoms. The Bertz CT molecular complexity index is 691. The number of carbonyl (C=O) groups excluding carboxylic acids is 2. The van der Waals surface area contributed by atoms with Crippen LogP contribution in [0.1, 0.15) is 53.0 Å². The van der Waals surface area contributed by atoms with E-state index in [4.69, 9.17) is 4.74 Å². The van der Waals surface area contributed by atoms with E-state index in [2.05, 4.69) is 24.1 Å². The summed E-state index contributed by atoms with van der Waals surface area (Å²) in [5, 5.41) is 4.89. The quantitative estimate of drug-likeness (QED) is 0.764. The molecule has 0 saturated carbocycles. The van der Waals surface area contributed by atoms with Crippen LogP contribution in [0.15, 0.2) is 11.4 Å². The van der Waals surface area contributed by atoms with E-state index in [-0.39, 0.29) is 18.5 Å². The number of anilines is 1. The molecule has 0 aliphatic rings. The van der Waals surface area contributed by atoms with Gasteiger partial charge in [-0.25, -0.2) is 9.78 Å². The Morgan fingerprint density at radius 1 is 1.35 bits per heavy atom. The minimum atomic E-state index is -0.318. The molecule has 0 aliphatic heterocycles.